The van der Waals surface area contributed by atoms with E-state index < -0.39 is 46.2 Å². The third kappa shape index (κ3) is 22.7. The number of allylic oxidation sites excluding steroid dienone is 1. The number of benzene rings is 6. The Morgan fingerprint density at radius 2 is 0.897 bits per heavy atom. The normalized spacial score (nSPS) is 12.4. The highest BCUT2D eigenvalue weighted by Crippen LogP contribution is 2.39. The Labute approximate surface area is 465 Å². The van der Waals surface area contributed by atoms with Crippen LogP contribution < -0.4 is 11.5 Å². The molecule has 0 saturated carbocycles. The van der Waals surface area contributed by atoms with Crippen LogP contribution in [0.15, 0.2) is 163 Å². The maximum Gasteiger partial charge on any atom is 0.416 e. The van der Waals surface area contributed by atoms with Gasteiger partial charge in [-0.3, -0.25) is 9.59 Å². The molecule has 0 saturated heterocycles. The second-order valence-corrected chi connectivity index (χ2v) is 18.9. The van der Waals surface area contributed by atoms with Crippen molar-refractivity contribution in [3.8, 4) is 0 Å². The SMILES string of the molecule is C.C.C.C=CCCCCC(=O)OCC.CCOC(=O)CCCCCCc1cccc(C(N)(Cc2ccccc2)c2cc(F)cc(C(F)(F)F)c2)c1.NC(Cc1ccccc1)(c1cccc(Br)c1)c1cc(F)cc(C(F)(F)F)c1. The lowest BCUT2D eigenvalue weighted by molar-refractivity contribution is -0.144. The number of halogens is 9. The zero-order valence-corrected chi connectivity index (χ0v) is 43.8. The standard InChI is InChI=1S/C30H33F4NO2.C21H16BrF4N.C9H16O2.3CH4/c1-2-37-28(36)16-9-4-3-6-11-22-14-10-15-24(17-22)29(35,21-23-12-7-5-8-13-23)25-18-26(30(32,33)34)20-27(31)19-25;22-18-8-4-7-15(10-18)20(27,13-14-5-2-1-3-6-14)16-9-17(21(24,25)26)12-19(23)11-16;1-3-5-6-7-8-9(10)11-4-2;;;/h5,7-8,10,12-15,17-20H,2-4,6,9,11,16,21,35H2,1H3;1-12H,13,27H2;3H,1,4-8H2,2H3;3*1H4. The summed E-state index contributed by atoms with van der Waals surface area (Å²) in [5, 5.41) is 0. The van der Waals surface area contributed by atoms with Crippen molar-refractivity contribution in [3.63, 3.8) is 0 Å². The lowest BCUT2D eigenvalue weighted by Gasteiger charge is -2.32. The molecule has 2 atom stereocenters. The van der Waals surface area contributed by atoms with E-state index in [1.807, 2.05) is 91.9 Å². The van der Waals surface area contributed by atoms with Crippen molar-refractivity contribution in [1.82, 2.24) is 0 Å². The van der Waals surface area contributed by atoms with Crippen LogP contribution in [-0.4, -0.2) is 25.2 Å². The summed E-state index contributed by atoms with van der Waals surface area (Å²) in [6, 6.07) is 37.9. The van der Waals surface area contributed by atoms with Crippen LogP contribution in [-0.2, 0) is 61.8 Å². The van der Waals surface area contributed by atoms with Crippen molar-refractivity contribution in [1.29, 1.82) is 0 Å². The summed E-state index contributed by atoms with van der Waals surface area (Å²) in [7, 11) is 0. The maximum absolute atomic E-state index is 14.4. The summed E-state index contributed by atoms with van der Waals surface area (Å²) in [5.41, 5.74) is 12.7. The average molecular weight is 1160 g/mol. The summed E-state index contributed by atoms with van der Waals surface area (Å²) in [4.78, 5) is 22.2. The Hall–Kier alpha value is -6.16. The van der Waals surface area contributed by atoms with Crippen LogP contribution in [0.3, 0.4) is 0 Å². The van der Waals surface area contributed by atoms with Gasteiger partial charge in [0.2, 0.25) is 0 Å². The fraction of sp³-hybridized carbons (Fsp3) is 0.365. The first-order valence-corrected chi connectivity index (χ1v) is 25.6. The van der Waals surface area contributed by atoms with E-state index in [9.17, 15) is 44.7 Å². The Morgan fingerprint density at radius 1 is 0.500 bits per heavy atom. The number of unbranched alkanes of at least 4 members (excludes halogenated alkanes) is 5. The summed E-state index contributed by atoms with van der Waals surface area (Å²) < 4.78 is 119. The molecule has 15 heteroatoms. The predicted octanol–water partition coefficient (Wildman–Crippen LogP) is 17.6. The van der Waals surface area contributed by atoms with Crippen LogP contribution >= 0.6 is 15.9 Å². The molecule has 0 aliphatic heterocycles. The lowest BCUT2D eigenvalue weighted by atomic mass is 9.77. The van der Waals surface area contributed by atoms with Crippen LogP contribution in [0.2, 0.25) is 0 Å². The summed E-state index contributed by atoms with van der Waals surface area (Å²) in [5.74, 6) is -2.22. The second-order valence-electron chi connectivity index (χ2n) is 18.0. The van der Waals surface area contributed by atoms with Crippen molar-refractivity contribution < 1.29 is 54.2 Å². The van der Waals surface area contributed by atoms with Gasteiger partial charge in [0.15, 0.2) is 0 Å². The number of esters is 2. The number of rotatable bonds is 22. The van der Waals surface area contributed by atoms with E-state index in [1.165, 1.54) is 0 Å². The fourth-order valence-corrected chi connectivity index (χ4v) is 8.74. The van der Waals surface area contributed by atoms with Gasteiger partial charge in [-0.15, -0.1) is 6.58 Å². The number of carbonyl (C=O) groups excluding carboxylic acids is 2. The molecule has 0 fully saturated rings. The molecule has 0 amide bonds. The van der Waals surface area contributed by atoms with E-state index in [1.54, 1.807) is 37.3 Å². The molecule has 0 aromatic heterocycles. The van der Waals surface area contributed by atoms with Crippen molar-refractivity contribution >= 4 is 27.9 Å². The van der Waals surface area contributed by atoms with Crippen LogP contribution in [0, 0.1) is 11.6 Å². The average Bonchev–Trinajstić information content (AvgIpc) is 3.37. The molecule has 0 aliphatic carbocycles. The molecule has 0 spiro atoms. The second kappa shape index (κ2) is 34.0. The van der Waals surface area contributed by atoms with Gasteiger partial charge in [-0.05, 0) is 153 Å². The van der Waals surface area contributed by atoms with E-state index in [4.69, 9.17) is 20.9 Å². The van der Waals surface area contributed by atoms with Crippen molar-refractivity contribution in [2.75, 3.05) is 13.2 Å². The molecule has 0 aliphatic rings. The number of nitrogens with two attached hydrogens (primary N) is 2. The van der Waals surface area contributed by atoms with E-state index in [0.717, 1.165) is 96.8 Å². The minimum atomic E-state index is -4.69. The van der Waals surface area contributed by atoms with Gasteiger partial charge in [-0.1, -0.05) is 154 Å². The summed E-state index contributed by atoms with van der Waals surface area (Å²) in [6.07, 6.45) is 1.04. The van der Waals surface area contributed by atoms with Gasteiger partial charge in [-0.25, -0.2) is 8.78 Å². The Morgan fingerprint density at radius 3 is 1.32 bits per heavy atom. The van der Waals surface area contributed by atoms with Gasteiger partial charge in [-0.2, -0.15) is 26.3 Å². The maximum atomic E-state index is 14.4. The molecule has 0 heterocycles. The third-order valence-electron chi connectivity index (χ3n) is 12.2. The summed E-state index contributed by atoms with van der Waals surface area (Å²) >= 11 is 3.36. The van der Waals surface area contributed by atoms with Crippen molar-refractivity contribution in [2.45, 2.75) is 137 Å². The topological polar surface area (TPSA) is 105 Å². The third-order valence-corrected chi connectivity index (χ3v) is 12.7. The van der Waals surface area contributed by atoms with Gasteiger partial charge in [0, 0.05) is 17.3 Å². The molecule has 4 N–H and O–H groups in total. The monoisotopic (exact) mass is 1160 g/mol. The predicted molar refractivity (Wildman–Crippen MR) is 303 cm³/mol. The van der Waals surface area contributed by atoms with Crippen LogP contribution in [0.1, 0.15) is 144 Å². The highest BCUT2D eigenvalue weighted by atomic mass is 79.9. The number of carbonyl (C=O) groups is 2. The number of aryl methyl sites for hydroxylation is 1. The first kappa shape index (κ1) is 69.9. The number of ether oxygens (including phenoxy) is 2. The highest BCUT2D eigenvalue weighted by Gasteiger charge is 2.38. The Kier molecular flexibility index (Phi) is 30.4. The minimum Gasteiger partial charge on any atom is -0.466 e. The van der Waals surface area contributed by atoms with Crippen molar-refractivity contribution in [2.24, 2.45) is 11.5 Å². The lowest BCUT2D eigenvalue weighted by Crippen LogP contribution is -2.40. The number of alkyl halides is 6. The minimum absolute atomic E-state index is 0. The molecular weight excluding hydrogens is 1080 g/mol. The molecule has 78 heavy (non-hydrogen) atoms. The first-order valence-electron chi connectivity index (χ1n) is 24.8. The van der Waals surface area contributed by atoms with E-state index in [-0.39, 0.29) is 58.2 Å². The highest BCUT2D eigenvalue weighted by molar-refractivity contribution is 9.10. The Bertz CT molecular complexity index is 2720. The molecule has 0 bridgehead atoms. The van der Waals surface area contributed by atoms with Gasteiger partial charge < -0.3 is 20.9 Å². The summed E-state index contributed by atoms with van der Waals surface area (Å²) in [6.45, 7) is 8.07. The molecular formula is C63H77BrF8N2O4. The first-order chi connectivity index (χ1) is 35.6. The molecule has 6 nitrogen and oxygen atoms in total. The van der Waals surface area contributed by atoms with Gasteiger partial charge >= 0.3 is 24.3 Å². The Balaban J connectivity index is 0.000000651. The van der Waals surface area contributed by atoms with Gasteiger partial charge in [0.1, 0.15) is 11.6 Å². The zero-order valence-electron chi connectivity index (χ0n) is 42.2. The largest absolute Gasteiger partial charge is 0.466 e. The van der Waals surface area contributed by atoms with E-state index >= 15 is 0 Å². The van der Waals surface area contributed by atoms with Gasteiger partial charge in [0.25, 0.3) is 0 Å². The van der Waals surface area contributed by atoms with Gasteiger partial charge in [0.05, 0.1) is 35.4 Å². The molecule has 2 unspecified atom stereocenters. The molecule has 6 aromatic rings. The zero-order chi connectivity index (χ0) is 55.1. The van der Waals surface area contributed by atoms with Crippen LogP contribution in [0.4, 0.5) is 35.1 Å². The number of hydrogen-bond donors (Lipinski definition) is 2. The molecule has 6 rings (SSSR count). The fourth-order valence-electron chi connectivity index (χ4n) is 8.35. The molecule has 6 aromatic carbocycles. The van der Waals surface area contributed by atoms with E-state index in [2.05, 4.69) is 22.5 Å². The number of hydrogen-bond acceptors (Lipinski definition) is 6. The molecule has 0 radical (unpaired) electrons. The molecule has 426 valence electrons. The van der Waals surface area contributed by atoms with Crippen LogP contribution in [0.25, 0.3) is 0 Å². The van der Waals surface area contributed by atoms with E-state index in [0.29, 0.717) is 49.3 Å². The van der Waals surface area contributed by atoms with Crippen LogP contribution in [0.5, 0.6) is 0 Å². The quantitative estimate of drug-likeness (QED) is 0.0304. The van der Waals surface area contributed by atoms with Crippen molar-refractivity contribution in [3.05, 3.63) is 224 Å². The smallest absolute Gasteiger partial charge is 0.416 e.